The van der Waals surface area contributed by atoms with Crippen molar-refractivity contribution in [3.05, 3.63) is 76.1 Å². The predicted octanol–water partition coefficient (Wildman–Crippen LogP) is 3.86. The van der Waals surface area contributed by atoms with Gasteiger partial charge in [0.2, 0.25) is 0 Å². The Morgan fingerprint density at radius 1 is 1.04 bits per heavy atom. The van der Waals surface area contributed by atoms with Crippen molar-refractivity contribution in [2.24, 2.45) is 0 Å². The molecule has 2 aromatic carbocycles. The first-order chi connectivity index (χ1) is 12.9. The van der Waals surface area contributed by atoms with E-state index in [-0.39, 0.29) is 11.3 Å². The average molecular weight is 387 g/mol. The number of phosphoric ester groups is 1. The number of rotatable bonds is 7. The van der Waals surface area contributed by atoms with Crippen molar-refractivity contribution >= 4 is 18.7 Å². The topological polar surface area (TPSA) is 88.8 Å². The Balaban J connectivity index is 2.27. The van der Waals surface area contributed by atoms with Gasteiger partial charge in [-0.15, -0.1) is 0 Å². The quantitative estimate of drug-likeness (QED) is 0.601. The fraction of sp³-hybridized carbons (Fsp3) is 0.250. The summed E-state index contributed by atoms with van der Waals surface area (Å²) in [4.78, 5) is 31.9. The lowest BCUT2D eigenvalue weighted by molar-refractivity contribution is 0.283. The largest absolute Gasteiger partial charge is 0.524 e. The molecule has 27 heavy (non-hydrogen) atoms. The van der Waals surface area contributed by atoms with Crippen LogP contribution in [0.15, 0.2) is 59.4 Å². The Labute approximate surface area is 157 Å². The lowest BCUT2D eigenvalue weighted by Gasteiger charge is -2.18. The molecule has 6 nitrogen and oxygen atoms in total. The molecule has 0 amide bonds. The van der Waals surface area contributed by atoms with Gasteiger partial charge in [-0.25, -0.2) is 4.57 Å². The summed E-state index contributed by atoms with van der Waals surface area (Å²) in [5.41, 5.74) is 1.56. The predicted molar refractivity (Wildman–Crippen MR) is 105 cm³/mol. The van der Waals surface area contributed by atoms with Gasteiger partial charge in [0.25, 0.3) is 5.56 Å². The number of unbranched alkanes of at least 4 members (excludes halogenated alkanes) is 1. The first kappa shape index (κ1) is 19.4. The van der Waals surface area contributed by atoms with Gasteiger partial charge in [0.15, 0.2) is 0 Å². The van der Waals surface area contributed by atoms with Crippen LogP contribution in [0.2, 0.25) is 0 Å². The summed E-state index contributed by atoms with van der Waals surface area (Å²) in [7, 11) is -4.80. The molecule has 7 heteroatoms. The minimum Gasteiger partial charge on any atom is -0.403 e. The highest BCUT2D eigenvalue weighted by atomic mass is 31.2. The van der Waals surface area contributed by atoms with Gasteiger partial charge < -0.3 is 9.09 Å². The van der Waals surface area contributed by atoms with Crippen LogP contribution in [0.1, 0.15) is 30.9 Å². The number of aromatic nitrogens is 1. The van der Waals surface area contributed by atoms with Crippen LogP contribution in [0.25, 0.3) is 10.9 Å². The van der Waals surface area contributed by atoms with E-state index in [0.717, 1.165) is 18.4 Å². The Morgan fingerprint density at radius 3 is 2.37 bits per heavy atom. The van der Waals surface area contributed by atoms with Gasteiger partial charge in [-0.1, -0.05) is 55.8 Å². The molecule has 0 bridgehead atoms. The van der Waals surface area contributed by atoms with Gasteiger partial charge in [0, 0.05) is 5.39 Å². The Hall–Kier alpha value is -2.40. The SMILES string of the molecule is CCCCc1c(OP(=O)(O)O)c2ccccc2n(Cc2ccccc2)c1=O. The van der Waals surface area contributed by atoms with Crippen LogP contribution in [0, 0.1) is 0 Å². The van der Waals surface area contributed by atoms with Gasteiger partial charge >= 0.3 is 7.82 Å². The van der Waals surface area contributed by atoms with Crippen molar-refractivity contribution in [3.8, 4) is 5.75 Å². The van der Waals surface area contributed by atoms with E-state index in [1.54, 1.807) is 28.8 Å². The molecule has 0 saturated carbocycles. The number of phosphoric acid groups is 1. The van der Waals surface area contributed by atoms with Crippen molar-refractivity contribution in [1.82, 2.24) is 4.57 Å². The maximum atomic E-state index is 13.2. The molecular weight excluding hydrogens is 365 g/mol. The summed E-state index contributed by atoms with van der Waals surface area (Å²) in [5.74, 6) is -0.0123. The summed E-state index contributed by atoms with van der Waals surface area (Å²) in [6, 6.07) is 16.6. The molecule has 2 N–H and O–H groups in total. The lowest BCUT2D eigenvalue weighted by atomic mass is 10.0. The third-order valence-electron chi connectivity index (χ3n) is 4.39. The van der Waals surface area contributed by atoms with Crippen LogP contribution in [0.5, 0.6) is 5.75 Å². The Morgan fingerprint density at radius 2 is 1.70 bits per heavy atom. The Kier molecular flexibility index (Phi) is 5.80. The molecule has 0 aliphatic heterocycles. The highest BCUT2D eigenvalue weighted by Gasteiger charge is 2.24. The molecule has 3 rings (SSSR count). The van der Waals surface area contributed by atoms with Crippen LogP contribution in [-0.4, -0.2) is 14.4 Å². The molecular formula is C20H22NO5P. The first-order valence-electron chi connectivity index (χ1n) is 8.84. The summed E-state index contributed by atoms with van der Waals surface area (Å²) in [5, 5.41) is 0.516. The molecule has 1 heterocycles. The van der Waals surface area contributed by atoms with Crippen molar-refractivity contribution < 1.29 is 18.9 Å². The maximum absolute atomic E-state index is 13.2. The fourth-order valence-corrected chi connectivity index (χ4v) is 3.60. The second-order valence-electron chi connectivity index (χ2n) is 6.39. The first-order valence-corrected chi connectivity index (χ1v) is 10.4. The fourth-order valence-electron chi connectivity index (χ4n) is 3.15. The van der Waals surface area contributed by atoms with Crippen LogP contribution in [0.4, 0.5) is 0 Å². The maximum Gasteiger partial charge on any atom is 0.524 e. The summed E-state index contributed by atoms with van der Waals surface area (Å²) in [6.07, 6.45) is 1.96. The van der Waals surface area contributed by atoms with E-state index < -0.39 is 7.82 Å². The summed E-state index contributed by atoms with van der Waals surface area (Å²) in [6.45, 7) is 2.36. The van der Waals surface area contributed by atoms with Gasteiger partial charge in [-0.3, -0.25) is 14.6 Å². The second-order valence-corrected chi connectivity index (χ2v) is 7.55. The normalized spacial score (nSPS) is 11.7. The zero-order chi connectivity index (χ0) is 19.4. The second kappa shape index (κ2) is 8.09. The highest BCUT2D eigenvalue weighted by molar-refractivity contribution is 7.46. The van der Waals surface area contributed by atoms with Crippen molar-refractivity contribution in [2.45, 2.75) is 32.7 Å². The smallest absolute Gasteiger partial charge is 0.403 e. The van der Waals surface area contributed by atoms with Crippen LogP contribution in [-0.2, 0) is 17.5 Å². The number of nitrogens with zero attached hydrogens (tertiary/aromatic N) is 1. The van der Waals surface area contributed by atoms with Gasteiger partial charge in [-0.2, -0.15) is 0 Å². The van der Waals surface area contributed by atoms with E-state index in [1.165, 1.54) is 0 Å². The number of hydrogen-bond donors (Lipinski definition) is 2. The molecule has 1 aromatic heterocycles. The molecule has 3 aromatic rings. The highest BCUT2D eigenvalue weighted by Crippen LogP contribution is 2.42. The summed E-state index contributed by atoms with van der Waals surface area (Å²) < 4.78 is 18.1. The Bertz CT molecular complexity index is 1040. The van der Waals surface area contributed by atoms with Gasteiger partial charge in [0.05, 0.1) is 17.6 Å². The molecule has 142 valence electrons. The van der Waals surface area contributed by atoms with Crippen molar-refractivity contribution in [3.63, 3.8) is 0 Å². The molecule has 0 radical (unpaired) electrons. The number of fused-ring (bicyclic) bond motifs is 1. The molecule has 0 fully saturated rings. The monoisotopic (exact) mass is 387 g/mol. The molecule has 0 aliphatic rings. The number of para-hydroxylation sites is 1. The molecule has 0 atom stereocenters. The van der Waals surface area contributed by atoms with E-state index in [0.29, 0.717) is 29.4 Å². The third-order valence-corrected chi connectivity index (χ3v) is 4.81. The summed E-state index contributed by atoms with van der Waals surface area (Å²) >= 11 is 0. The van der Waals surface area contributed by atoms with E-state index >= 15 is 0 Å². The van der Waals surface area contributed by atoms with Crippen LogP contribution >= 0.6 is 7.82 Å². The van der Waals surface area contributed by atoms with Gasteiger partial charge in [-0.05, 0) is 30.5 Å². The van der Waals surface area contributed by atoms with E-state index in [9.17, 15) is 19.1 Å². The van der Waals surface area contributed by atoms with Crippen molar-refractivity contribution in [2.75, 3.05) is 0 Å². The lowest BCUT2D eigenvalue weighted by Crippen LogP contribution is -2.26. The molecule has 0 aliphatic carbocycles. The molecule has 0 spiro atoms. The average Bonchev–Trinajstić information content (AvgIpc) is 2.64. The molecule has 0 saturated heterocycles. The van der Waals surface area contributed by atoms with E-state index in [4.69, 9.17) is 4.52 Å². The zero-order valence-corrected chi connectivity index (χ0v) is 15.9. The van der Waals surface area contributed by atoms with E-state index in [1.807, 2.05) is 37.3 Å². The van der Waals surface area contributed by atoms with Gasteiger partial charge in [0.1, 0.15) is 5.75 Å². The van der Waals surface area contributed by atoms with Crippen molar-refractivity contribution in [1.29, 1.82) is 0 Å². The number of hydrogen-bond acceptors (Lipinski definition) is 3. The number of benzene rings is 2. The number of pyridine rings is 1. The van der Waals surface area contributed by atoms with Crippen LogP contribution in [0.3, 0.4) is 0 Å². The standard InChI is InChI=1S/C20H22NO5P/c1-2-3-11-17-19(26-27(23,24)25)16-12-7-8-13-18(16)21(20(17)22)14-15-9-5-4-6-10-15/h4-10,12-13H,2-3,11,14H2,1H3,(H2,23,24,25). The minimum absolute atomic E-state index is 0.0123. The zero-order valence-electron chi connectivity index (χ0n) is 15.0. The minimum atomic E-state index is -4.80. The van der Waals surface area contributed by atoms with E-state index in [2.05, 4.69) is 0 Å². The van der Waals surface area contributed by atoms with Crippen LogP contribution < -0.4 is 10.1 Å². The third kappa shape index (κ3) is 4.48. The molecule has 0 unspecified atom stereocenters.